The first-order valence-corrected chi connectivity index (χ1v) is 15.1. The molecule has 3 aliphatic heterocycles. The summed E-state index contributed by atoms with van der Waals surface area (Å²) in [7, 11) is 2.14. The lowest BCUT2D eigenvalue weighted by Crippen LogP contribution is -2.43. The minimum absolute atomic E-state index is 0.0780. The molecule has 0 amide bonds. The number of ether oxygens (including phenoxy) is 1. The van der Waals surface area contributed by atoms with E-state index in [0.717, 1.165) is 46.5 Å². The van der Waals surface area contributed by atoms with E-state index in [2.05, 4.69) is 33.7 Å². The second kappa shape index (κ2) is 10.9. The number of phenolic OH excluding ortho intramolecular Hbond substituents is 1. The third-order valence-corrected chi connectivity index (χ3v) is 9.38. The SMILES string of the molecule is C[C@@H]1Cn2cnc(F)c2CN1c1nc(OC[C@H]2CCCCN2C)nc2c1CCN(c1cc(O)cc3cccc(Cl)c13)C2. The van der Waals surface area contributed by atoms with Crippen molar-refractivity contribution < 1.29 is 14.2 Å². The average molecular weight is 592 g/mol. The summed E-state index contributed by atoms with van der Waals surface area (Å²) < 4.78 is 22.8. The van der Waals surface area contributed by atoms with Crippen LogP contribution in [0.1, 0.15) is 43.1 Å². The molecule has 0 saturated carbocycles. The van der Waals surface area contributed by atoms with Gasteiger partial charge in [0.2, 0.25) is 5.95 Å². The Morgan fingerprint density at radius 2 is 2.02 bits per heavy atom. The molecule has 42 heavy (non-hydrogen) atoms. The Hall–Kier alpha value is -3.63. The first-order chi connectivity index (χ1) is 20.4. The Kier molecular flexibility index (Phi) is 7.06. The van der Waals surface area contributed by atoms with Crippen molar-refractivity contribution in [3.63, 3.8) is 0 Å². The largest absolute Gasteiger partial charge is 0.508 e. The van der Waals surface area contributed by atoms with Crippen LogP contribution in [-0.4, -0.2) is 68.4 Å². The normalized spacial score (nSPS) is 21.0. The summed E-state index contributed by atoms with van der Waals surface area (Å²) in [6, 6.07) is 9.96. The standard InChI is InChI=1S/C31H35ClFN7O2/c1-19-14-39-18-34-29(33)27(39)16-40(19)30-23-9-11-38(26-13-22(41)12-20-6-5-8-24(32)28(20)26)15-25(23)35-31(36-30)42-17-21-7-3-4-10-37(21)2/h5-6,8,12-13,18-19,21,41H,3-4,7,9-11,14-17H2,1-2H3/t19-,21-/m1/s1. The number of likely N-dealkylation sites (tertiary alicyclic amines) is 1. The van der Waals surface area contributed by atoms with Gasteiger partial charge in [-0.25, -0.2) is 4.98 Å². The van der Waals surface area contributed by atoms with Crippen LogP contribution in [0.15, 0.2) is 36.7 Å². The number of benzene rings is 2. The van der Waals surface area contributed by atoms with E-state index in [1.807, 2.05) is 22.8 Å². The molecule has 2 atom stereocenters. The number of likely N-dealkylation sites (N-methyl/N-ethyl adjacent to an activating group) is 1. The van der Waals surface area contributed by atoms with E-state index >= 15 is 0 Å². The zero-order valence-corrected chi connectivity index (χ0v) is 24.7. The molecule has 0 bridgehead atoms. The van der Waals surface area contributed by atoms with Crippen LogP contribution in [0.2, 0.25) is 5.02 Å². The topological polar surface area (TPSA) is 82.8 Å². The maximum Gasteiger partial charge on any atom is 0.318 e. The Morgan fingerprint density at radius 3 is 2.88 bits per heavy atom. The van der Waals surface area contributed by atoms with Crippen molar-refractivity contribution in [1.82, 2.24) is 24.4 Å². The van der Waals surface area contributed by atoms with Gasteiger partial charge in [0.05, 0.1) is 41.5 Å². The highest BCUT2D eigenvalue weighted by Gasteiger charge is 2.33. The summed E-state index contributed by atoms with van der Waals surface area (Å²) in [6.07, 6.45) is 5.74. The molecule has 5 heterocycles. The highest BCUT2D eigenvalue weighted by atomic mass is 35.5. The summed E-state index contributed by atoms with van der Waals surface area (Å²) in [5, 5.41) is 13.0. The molecular formula is C31H35ClFN7O2. The van der Waals surface area contributed by atoms with Gasteiger partial charge in [0.15, 0.2) is 0 Å². The summed E-state index contributed by atoms with van der Waals surface area (Å²) in [4.78, 5) is 20.5. The first kappa shape index (κ1) is 27.2. The van der Waals surface area contributed by atoms with Gasteiger partial charge in [0.25, 0.3) is 0 Å². The van der Waals surface area contributed by atoms with Gasteiger partial charge in [0, 0.05) is 42.2 Å². The van der Waals surface area contributed by atoms with Crippen LogP contribution in [0.25, 0.3) is 10.8 Å². The number of fused-ring (bicyclic) bond motifs is 3. The smallest absolute Gasteiger partial charge is 0.318 e. The van der Waals surface area contributed by atoms with Crippen LogP contribution < -0.4 is 14.5 Å². The predicted molar refractivity (Wildman–Crippen MR) is 161 cm³/mol. The van der Waals surface area contributed by atoms with Crippen LogP contribution >= 0.6 is 11.6 Å². The quantitative estimate of drug-likeness (QED) is 0.341. The van der Waals surface area contributed by atoms with E-state index in [1.165, 1.54) is 12.8 Å². The molecule has 0 aliphatic carbocycles. The molecule has 1 saturated heterocycles. The fourth-order valence-corrected chi connectivity index (χ4v) is 6.97. The fourth-order valence-electron chi connectivity index (χ4n) is 6.70. The molecule has 7 rings (SSSR count). The van der Waals surface area contributed by atoms with Crippen LogP contribution in [0, 0.1) is 5.95 Å². The van der Waals surface area contributed by atoms with Crippen LogP contribution in [-0.2, 0) is 26.1 Å². The van der Waals surface area contributed by atoms with E-state index in [4.69, 9.17) is 26.3 Å². The van der Waals surface area contributed by atoms with E-state index in [1.54, 1.807) is 18.5 Å². The Morgan fingerprint density at radius 1 is 1.14 bits per heavy atom. The molecule has 1 N–H and O–H groups in total. The van der Waals surface area contributed by atoms with E-state index in [9.17, 15) is 9.50 Å². The summed E-state index contributed by atoms with van der Waals surface area (Å²) in [5.41, 5.74) is 3.34. The van der Waals surface area contributed by atoms with Gasteiger partial charge < -0.3 is 29.1 Å². The van der Waals surface area contributed by atoms with Crippen molar-refractivity contribution in [3.05, 3.63) is 64.6 Å². The molecule has 11 heteroatoms. The van der Waals surface area contributed by atoms with Gasteiger partial charge >= 0.3 is 6.01 Å². The second-order valence-electron chi connectivity index (χ2n) is 11.8. The van der Waals surface area contributed by atoms with E-state index in [0.29, 0.717) is 62.0 Å². The Bertz CT molecular complexity index is 1650. The highest BCUT2D eigenvalue weighted by molar-refractivity contribution is 6.36. The molecule has 1 fully saturated rings. The van der Waals surface area contributed by atoms with E-state index in [-0.39, 0.29) is 11.8 Å². The molecule has 220 valence electrons. The van der Waals surface area contributed by atoms with E-state index < -0.39 is 5.95 Å². The molecule has 0 radical (unpaired) electrons. The molecule has 9 nitrogen and oxygen atoms in total. The summed E-state index contributed by atoms with van der Waals surface area (Å²) in [5.74, 6) is 0.547. The molecule has 2 aromatic heterocycles. The molecule has 0 spiro atoms. The Labute approximate surface area is 249 Å². The highest BCUT2D eigenvalue weighted by Crippen LogP contribution is 2.40. The number of phenols is 1. The number of hydrogen-bond acceptors (Lipinski definition) is 8. The number of anilines is 2. The van der Waals surface area contributed by atoms with Gasteiger partial charge in [-0.3, -0.25) is 0 Å². The zero-order valence-electron chi connectivity index (χ0n) is 23.9. The summed E-state index contributed by atoms with van der Waals surface area (Å²) in [6.45, 7) is 5.89. The third-order valence-electron chi connectivity index (χ3n) is 9.06. The number of nitrogens with zero attached hydrogens (tertiary/aromatic N) is 7. The van der Waals surface area contributed by atoms with Crippen LogP contribution in [0.4, 0.5) is 15.9 Å². The lowest BCUT2D eigenvalue weighted by Gasteiger charge is -2.39. The minimum Gasteiger partial charge on any atom is -0.508 e. The fraction of sp³-hybridized carbons (Fsp3) is 0.452. The lowest BCUT2D eigenvalue weighted by molar-refractivity contribution is 0.119. The second-order valence-corrected chi connectivity index (χ2v) is 12.2. The molecular weight excluding hydrogens is 557 g/mol. The van der Waals surface area contributed by atoms with Crippen molar-refractivity contribution in [1.29, 1.82) is 0 Å². The maximum atomic E-state index is 14.6. The van der Waals surface area contributed by atoms with Gasteiger partial charge in [0.1, 0.15) is 18.2 Å². The number of halogens is 2. The van der Waals surface area contributed by atoms with Gasteiger partial charge in [-0.05, 0) is 57.3 Å². The number of rotatable bonds is 5. The maximum absolute atomic E-state index is 14.6. The molecule has 0 unspecified atom stereocenters. The van der Waals surface area contributed by atoms with Crippen molar-refractivity contribution in [2.24, 2.45) is 0 Å². The predicted octanol–water partition coefficient (Wildman–Crippen LogP) is 5.16. The van der Waals surface area contributed by atoms with Crippen LogP contribution in [0.3, 0.4) is 0 Å². The number of imidazole rings is 1. The lowest BCUT2D eigenvalue weighted by atomic mass is 10.0. The number of aromatic nitrogens is 4. The van der Waals surface area contributed by atoms with Crippen molar-refractivity contribution in [2.45, 2.75) is 64.3 Å². The first-order valence-electron chi connectivity index (χ1n) is 14.7. The van der Waals surface area contributed by atoms with Crippen LogP contribution in [0.5, 0.6) is 11.8 Å². The zero-order chi connectivity index (χ0) is 29.0. The Balaban J connectivity index is 1.27. The van der Waals surface area contributed by atoms with Crippen molar-refractivity contribution in [2.75, 3.05) is 36.5 Å². The molecule has 3 aliphatic rings. The average Bonchev–Trinajstić information content (AvgIpc) is 3.34. The number of aromatic hydroxyl groups is 1. The van der Waals surface area contributed by atoms with Gasteiger partial charge in [-0.15, -0.1) is 0 Å². The monoisotopic (exact) mass is 591 g/mol. The van der Waals surface area contributed by atoms with Gasteiger partial charge in [-0.1, -0.05) is 30.2 Å². The molecule has 2 aromatic carbocycles. The summed E-state index contributed by atoms with van der Waals surface area (Å²) >= 11 is 6.67. The number of piperidine rings is 1. The molecule has 4 aromatic rings. The van der Waals surface area contributed by atoms with Gasteiger partial charge in [-0.2, -0.15) is 14.4 Å². The minimum atomic E-state index is -0.439. The third kappa shape index (κ3) is 4.90. The number of hydrogen-bond donors (Lipinski definition) is 1. The van der Waals surface area contributed by atoms with Crippen molar-refractivity contribution in [3.8, 4) is 11.8 Å². The van der Waals surface area contributed by atoms with Crippen molar-refractivity contribution >= 4 is 33.9 Å².